The van der Waals surface area contributed by atoms with E-state index in [2.05, 4.69) is 5.32 Å². The van der Waals surface area contributed by atoms with Crippen LogP contribution in [0.4, 0.5) is 18.9 Å². The van der Waals surface area contributed by atoms with Crippen LogP contribution in [0.5, 0.6) is 0 Å². The zero-order valence-corrected chi connectivity index (χ0v) is 25.1. The van der Waals surface area contributed by atoms with Crippen LogP contribution in [-0.2, 0) is 12.1 Å². The van der Waals surface area contributed by atoms with Gasteiger partial charge in [-0.1, -0.05) is 84.9 Å². The average Bonchev–Trinajstić information content (AvgIpc) is 3.43. The number of fused-ring (bicyclic) bond motifs is 1. The molecule has 1 aromatic heterocycles. The van der Waals surface area contributed by atoms with Crippen molar-refractivity contribution in [2.75, 3.05) is 25.0 Å². The molecular formula is C37H34F3N3O3. The van der Waals surface area contributed by atoms with E-state index in [-0.39, 0.29) is 48.2 Å². The first-order chi connectivity index (χ1) is 22.1. The van der Waals surface area contributed by atoms with Crippen LogP contribution in [0, 0.1) is 5.92 Å². The second-order valence-corrected chi connectivity index (χ2v) is 11.8. The van der Waals surface area contributed by atoms with Crippen LogP contribution in [0.25, 0.3) is 10.9 Å². The number of piperidine rings is 1. The molecular weight excluding hydrogens is 591 g/mol. The molecule has 6 nitrogen and oxygen atoms in total. The molecule has 6 rings (SSSR count). The Hall–Kier alpha value is -4.73. The van der Waals surface area contributed by atoms with E-state index in [1.807, 2.05) is 36.4 Å². The van der Waals surface area contributed by atoms with Crippen LogP contribution < -0.4 is 5.32 Å². The van der Waals surface area contributed by atoms with Gasteiger partial charge in [-0.3, -0.25) is 14.5 Å². The van der Waals surface area contributed by atoms with Gasteiger partial charge in [-0.15, -0.1) is 0 Å². The Balaban J connectivity index is 1.31. The molecule has 1 atom stereocenters. The molecule has 1 aliphatic rings. The van der Waals surface area contributed by atoms with E-state index in [1.165, 1.54) is 12.3 Å². The Morgan fingerprint density at radius 2 is 1.39 bits per heavy atom. The summed E-state index contributed by atoms with van der Waals surface area (Å²) in [5.74, 6) is -0.636. The smallest absolute Gasteiger partial charge is 0.375 e. The lowest BCUT2D eigenvalue weighted by Gasteiger charge is -2.38. The maximum Gasteiger partial charge on any atom is 0.422 e. The number of alkyl halides is 3. The highest BCUT2D eigenvalue weighted by Gasteiger charge is 2.57. The number of nitrogens with one attached hydrogen (secondary N) is 1. The predicted octanol–water partition coefficient (Wildman–Crippen LogP) is 7.29. The van der Waals surface area contributed by atoms with Crippen molar-refractivity contribution in [3.05, 3.63) is 138 Å². The number of aromatic nitrogens is 1. The van der Waals surface area contributed by atoms with E-state index < -0.39 is 18.3 Å². The van der Waals surface area contributed by atoms with Gasteiger partial charge in [-0.25, -0.2) is 0 Å². The highest BCUT2D eigenvalue weighted by Crippen LogP contribution is 2.44. The maximum atomic E-state index is 15.0. The third-order valence-electron chi connectivity index (χ3n) is 8.76. The quantitative estimate of drug-likeness (QED) is 0.169. The van der Waals surface area contributed by atoms with E-state index >= 15 is 0 Å². The van der Waals surface area contributed by atoms with Crippen LogP contribution in [0.1, 0.15) is 44.7 Å². The molecule has 1 amide bonds. The number of rotatable bonds is 9. The minimum atomic E-state index is -4.99. The van der Waals surface area contributed by atoms with Gasteiger partial charge in [-0.2, -0.15) is 13.2 Å². The average molecular weight is 626 g/mol. The number of Topliss-reactive ketones (excluding diaryl/α,β-unsaturated/α-hetero) is 1. The highest BCUT2D eigenvalue weighted by atomic mass is 19.4. The fraction of sp³-hybridized carbons (Fsp3) is 0.243. The van der Waals surface area contributed by atoms with Crippen molar-refractivity contribution in [2.45, 2.75) is 31.2 Å². The maximum absolute atomic E-state index is 15.0. The summed E-state index contributed by atoms with van der Waals surface area (Å²) in [4.78, 5) is 27.4. The molecule has 1 aliphatic heterocycles. The molecule has 1 unspecified atom stereocenters. The number of halogens is 3. The van der Waals surface area contributed by atoms with Crippen molar-refractivity contribution in [1.82, 2.24) is 9.47 Å². The SMILES string of the molecule is O=C(Nc1ccc2c(C(O)(CN3CCC(C(=O)c4ccccc4)CC3)C(F)(F)F)cn(Cc3ccccc3)c2c1)c1ccccc1. The van der Waals surface area contributed by atoms with Gasteiger partial charge in [0.2, 0.25) is 5.60 Å². The lowest BCUT2D eigenvalue weighted by atomic mass is 9.87. The number of hydrogen-bond acceptors (Lipinski definition) is 4. The Bertz CT molecular complexity index is 1820. The summed E-state index contributed by atoms with van der Waals surface area (Å²) in [5.41, 5.74) is -0.666. The van der Waals surface area contributed by atoms with Crippen molar-refractivity contribution in [2.24, 2.45) is 5.92 Å². The second-order valence-electron chi connectivity index (χ2n) is 11.8. The first-order valence-electron chi connectivity index (χ1n) is 15.3. The number of nitrogens with zero attached hydrogens (tertiary/aromatic N) is 2. The van der Waals surface area contributed by atoms with E-state index in [0.717, 1.165) is 5.56 Å². The first-order valence-corrected chi connectivity index (χ1v) is 15.3. The molecule has 236 valence electrons. The minimum Gasteiger partial charge on any atom is -0.375 e. The molecule has 1 saturated heterocycles. The molecule has 1 fully saturated rings. The van der Waals surface area contributed by atoms with E-state index in [9.17, 15) is 27.9 Å². The van der Waals surface area contributed by atoms with E-state index in [4.69, 9.17) is 0 Å². The molecule has 9 heteroatoms. The summed E-state index contributed by atoms with van der Waals surface area (Å²) in [7, 11) is 0. The Kier molecular flexibility index (Phi) is 8.80. The third kappa shape index (κ3) is 6.47. The molecule has 4 aromatic carbocycles. The molecule has 2 N–H and O–H groups in total. The molecule has 2 heterocycles. The number of β-amino-alcohol motifs (C(OH)–C–C–N with tert-alkyl or cyclic N) is 1. The number of carbonyl (C=O) groups is 2. The fourth-order valence-electron chi connectivity index (χ4n) is 6.25. The normalized spacial score (nSPS) is 15.8. The molecule has 0 saturated carbocycles. The van der Waals surface area contributed by atoms with Crippen LogP contribution in [-0.4, -0.2) is 52.1 Å². The van der Waals surface area contributed by atoms with Crippen molar-refractivity contribution in [1.29, 1.82) is 0 Å². The van der Waals surface area contributed by atoms with Gasteiger partial charge in [-0.05, 0) is 55.8 Å². The summed E-state index contributed by atoms with van der Waals surface area (Å²) >= 11 is 0. The predicted molar refractivity (Wildman–Crippen MR) is 172 cm³/mol. The van der Waals surface area contributed by atoms with Crippen molar-refractivity contribution in [3.63, 3.8) is 0 Å². The van der Waals surface area contributed by atoms with Crippen molar-refractivity contribution in [3.8, 4) is 0 Å². The summed E-state index contributed by atoms with van der Waals surface area (Å²) in [5, 5.41) is 14.7. The molecule has 0 bridgehead atoms. The van der Waals surface area contributed by atoms with Gasteiger partial charge in [0.1, 0.15) is 0 Å². The summed E-state index contributed by atoms with van der Waals surface area (Å²) in [6.07, 6.45) is -2.81. The fourth-order valence-corrected chi connectivity index (χ4v) is 6.25. The first kappa shape index (κ1) is 31.3. The molecule has 5 aromatic rings. The Morgan fingerprint density at radius 1 is 0.804 bits per heavy atom. The van der Waals surface area contributed by atoms with Gasteiger partial charge < -0.3 is 15.0 Å². The van der Waals surface area contributed by atoms with Crippen LogP contribution in [0.15, 0.2) is 115 Å². The number of hydrogen-bond donors (Lipinski definition) is 2. The van der Waals surface area contributed by atoms with E-state index in [1.54, 1.807) is 76.2 Å². The Labute approximate surface area is 265 Å². The zero-order chi connectivity index (χ0) is 32.3. The summed E-state index contributed by atoms with van der Waals surface area (Å²) < 4.78 is 46.6. The van der Waals surface area contributed by atoms with Crippen molar-refractivity contribution < 1.29 is 27.9 Å². The van der Waals surface area contributed by atoms with Crippen molar-refractivity contribution >= 4 is 28.3 Å². The van der Waals surface area contributed by atoms with Crippen LogP contribution in [0.3, 0.4) is 0 Å². The van der Waals surface area contributed by atoms with Crippen LogP contribution >= 0.6 is 0 Å². The second kappa shape index (κ2) is 12.9. The largest absolute Gasteiger partial charge is 0.422 e. The topological polar surface area (TPSA) is 74.6 Å². The lowest BCUT2D eigenvalue weighted by Crippen LogP contribution is -2.52. The number of carbonyl (C=O) groups excluding carboxylic acids is 2. The number of amides is 1. The number of ketones is 1. The van der Waals surface area contributed by atoms with Gasteiger partial charge in [0, 0.05) is 53.0 Å². The molecule has 0 spiro atoms. The summed E-state index contributed by atoms with van der Waals surface area (Å²) in [6.45, 7) is 0.0912. The van der Waals surface area contributed by atoms with Crippen LogP contribution in [0.2, 0.25) is 0 Å². The molecule has 46 heavy (non-hydrogen) atoms. The Morgan fingerprint density at radius 3 is 2.00 bits per heavy atom. The molecule has 0 radical (unpaired) electrons. The molecule has 0 aliphatic carbocycles. The minimum absolute atomic E-state index is 0.00882. The van der Waals surface area contributed by atoms with Gasteiger partial charge in [0.25, 0.3) is 5.91 Å². The third-order valence-corrected chi connectivity index (χ3v) is 8.76. The number of aliphatic hydroxyl groups is 1. The van der Waals surface area contributed by atoms with Gasteiger partial charge in [0.15, 0.2) is 5.78 Å². The lowest BCUT2D eigenvalue weighted by molar-refractivity contribution is -0.271. The zero-order valence-electron chi connectivity index (χ0n) is 25.1. The standard InChI is InChI=1S/C37H34F3N3O3/c38-37(39,40)36(46,25-42-20-18-28(19-21-42)34(44)27-12-6-2-7-13-27)32-24-43(23-26-10-4-1-5-11-26)33-22-30(16-17-31(32)33)41-35(45)29-14-8-3-9-15-29/h1-17,22,24,28,46H,18-21,23,25H2,(H,41,45). The van der Waals surface area contributed by atoms with Gasteiger partial charge in [0.05, 0.1) is 5.52 Å². The monoisotopic (exact) mass is 625 g/mol. The number of anilines is 1. The van der Waals surface area contributed by atoms with Gasteiger partial charge >= 0.3 is 6.18 Å². The number of benzene rings is 4. The number of likely N-dealkylation sites (tertiary alicyclic amines) is 1. The summed E-state index contributed by atoms with van der Waals surface area (Å²) in [6, 6.07) is 31.6. The highest BCUT2D eigenvalue weighted by molar-refractivity contribution is 6.05. The van der Waals surface area contributed by atoms with E-state index in [0.29, 0.717) is 35.2 Å².